The lowest BCUT2D eigenvalue weighted by atomic mass is 10.2. The fourth-order valence-corrected chi connectivity index (χ4v) is 2.28. The first-order valence-electron chi connectivity index (χ1n) is 7.89. The van der Waals surface area contributed by atoms with Crippen molar-refractivity contribution in [1.82, 2.24) is 4.98 Å². The van der Waals surface area contributed by atoms with Gasteiger partial charge >= 0.3 is 6.18 Å². The maximum atomic E-state index is 13.2. The number of carbonyl (C=O) groups is 1. The summed E-state index contributed by atoms with van der Waals surface area (Å²) in [7, 11) is 0. The Morgan fingerprint density at radius 3 is 2.04 bits per heavy atom. The highest BCUT2D eigenvalue weighted by molar-refractivity contribution is 6.02. The summed E-state index contributed by atoms with van der Waals surface area (Å²) < 4.78 is 63.7. The number of nitrogens with zero attached hydrogens (tertiary/aromatic N) is 1. The minimum absolute atomic E-state index is 0.0238. The molecule has 1 amide bonds. The molecule has 144 valence electrons. The van der Waals surface area contributed by atoms with E-state index in [0.717, 1.165) is 36.4 Å². The average Bonchev–Trinajstić information content (AvgIpc) is 2.65. The Morgan fingerprint density at radius 2 is 1.46 bits per heavy atom. The van der Waals surface area contributed by atoms with Gasteiger partial charge in [-0.05, 0) is 48.5 Å². The summed E-state index contributed by atoms with van der Waals surface area (Å²) in [6.07, 6.45) is -3.15. The molecule has 0 saturated heterocycles. The predicted octanol–water partition coefficient (Wildman–Crippen LogP) is 5.37. The van der Waals surface area contributed by atoms with Crippen molar-refractivity contribution in [3.63, 3.8) is 0 Å². The number of alkyl halides is 3. The maximum Gasteiger partial charge on any atom is 0.416 e. The molecule has 4 nitrogen and oxygen atoms in total. The van der Waals surface area contributed by atoms with Crippen LogP contribution < -0.4 is 10.6 Å². The lowest BCUT2D eigenvalue weighted by molar-refractivity contribution is -0.137. The van der Waals surface area contributed by atoms with E-state index in [9.17, 15) is 26.7 Å². The van der Waals surface area contributed by atoms with Crippen LogP contribution in [0.3, 0.4) is 0 Å². The second-order valence-electron chi connectivity index (χ2n) is 5.72. The predicted molar refractivity (Wildman–Crippen MR) is 93.3 cm³/mol. The SMILES string of the molecule is O=C(Nc1ccc(C(F)(F)F)cc1)c1ccc(Nc2ccc(F)c(F)c2)cn1. The zero-order valence-corrected chi connectivity index (χ0v) is 14.0. The molecule has 0 spiro atoms. The van der Waals surface area contributed by atoms with E-state index < -0.39 is 29.3 Å². The van der Waals surface area contributed by atoms with Crippen LogP contribution in [0.5, 0.6) is 0 Å². The first-order chi connectivity index (χ1) is 13.2. The quantitative estimate of drug-likeness (QED) is 0.586. The number of halogens is 5. The van der Waals surface area contributed by atoms with Crippen LogP contribution in [-0.4, -0.2) is 10.9 Å². The molecule has 0 bridgehead atoms. The van der Waals surface area contributed by atoms with Crippen LogP contribution >= 0.6 is 0 Å². The second kappa shape index (κ2) is 7.63. The van der Waals surface area contributed by atoms with E-state index in [2.05, 4.69) is 15.6 Å². The third-order valence-electron chi connectivity index (χ3n) is 3.67. The molecule has 28 heavy (non-hydrogen) atoms. The fourth-order valence-electron chi connectivity index (χ4n) is 2.28. The van der Waals surface area contributed by atoms with Crippen molar-refractivity contribution < 1.29 is 26.7 Å². The minimum Gasteiger partial charge on any atom is -0.354 e. The Balaban J connectivity index is 1.65. The number of amides is 1. The van der Waals surface area contributed by atoms with Crippen molar-refractivity contribution >= 4 is 23.0 Å². The standard InChI is InChI=1S/C19H12F5N3O/c20-15-7-5-13(9-16(15)21)26-14-6-8-17(25-10-14)18(28)27-12-3-1-11(2-4-12)19(22,23)24/h1-10,26H,(H,27,28). The molecule has 0 atom stereocenters. The van der Waals surface area contributed by atoms with Gasteiger partial charge in [-0.1, -0.05) is 0 Å². The molecule has 0 aliphatic carbocycles. The van der Waals surface area contributed by atoms with E-state index in [4.69, 9.17) is 0 Å². The van der Waals surface area contributed by atoms with Crippen LogP contribution in [0.2, 0.25) is 0 Å². The number of benzene rings is 2. The van der Waals surface area contributed by atoms with E-state index in [0.29, 0.717) is 11.4 Å². The van der Waals surface area contributed by atoms with Gasteiger partial charge in [0.05, 0.1) is 17.4 Å². The molecule has 2 aromatic carbocycles. The number of carbonyl (C=O) groups excluding carboxylic acids is 1. The molecule has 2 N–H and O–H groups in total. The first kappa shape index (κ1) is 19.3. The van der Waals surface area contributed by atoms with E-state index in [1.54, 1.807) is 0 Å². The van der Waals surface area contributed by atoms with Crippen LogP contribution in [0.4, 0.5) is 39.0 Å². The third-order valence-corrected chi connectivity index (χ3v) is 3.67. The molecule has 9 heteroatoms. The second-order valence-corrected chi connectivity index (χ2v) is 5.72. The first-order valence-corrected chi connectivity index (χ1v) is 7.89. The molecule has 0 fully saturated rings. The normalized spacial score (nSPS) is 11.2. The van der Waals surface area contributed by atoms with Crippen molar-refractivity contribution in [2.24, 2.45) is 0 Å². The highest BCUT2D eigenvalue weighted by atomic mass is 19.4. The Morgan fingerprint density at radius 1 is 0.821 bits per heavy atom. The molecule has 0 saturated carbocycles. The van der Waals surface area contributed by atoms with Crippen molar-refractivity contribution in [2.45, 2.75) is 6.18 Å². The number of pyridine rings is 1. The monoisotopic (exact) mass is 393 g/mol. The Bertz CT molecular complexity index is 986. The summed E-state index contributed by atoms with van der Waals surface area (Å²) in [6, 6.07) is 10.1. The zero-order chi connectivity index (χ0) is 20.3. The van der Waals surface area contributed by atoms with Gasteiger partial charge < -0.3 is 10.6 Å². The number of nitrogens with one attached hydrogen (secondary N) is 2. The molecule has 1 heterocycles. The van der Waals surface area contributed by atoms with Crippen LogP contribution in [0.25, 0.3) is 0 Å². The number of aromatic nitrogens is 1. The minimum atomic E-state index is -4.46. The van der Waals surface area contributed by atoms with Crippen LogP contribution in [0.15, 0.2) is 60.8 Å². The lowest BCUT2D eigenvalue weighted by Crippen LogP contribution is -2.14. The molecule has 0 aliphatic heterocycles. The van der Waals surface area contributed by atoms with Gasteiger partial charge in [-0.15, -0.1) is 0 Å². The van der Waals surface area contributed by atoms with Gasteiger partial charge in [-0.3, -0.25) is 4.79 Å². The summed E-state index contributed by atoms with van der Waals surface area (Å²) in [5, 5.41) is 5.24. The van der Waals surface area contributed by atoms with Crippen molar-refractivity contribution in [1.29, 1.82) is 0 Å². The van der Waals surface area contributed by atoms with E-state index in [1.807, 2.05) is 0 Å². The van der Waals surface area contributed by atoms with Gasteiger partial charge in [0.1, 0.15) is 5.69 Å². The Kier molecular flexibility index (Phi) is 5.25. The maximum absolute atomic E-state index is 13.2. The molecule has 0 aliphatic rings. The van der Waals surface area contributed by atoms with Gasteiger partial charge in [-0.25, -0.2) is 13.8 Å². The average molecular weight is 393 g/mol. The van der Waals surface area contributed by atoms with E-state index in [-0.39, 0.29) is 11.4 Å². The van der Waals surface area contributed by atoms with Crippen molar-refractivity contribution in [2.75, 3.05) is 10.6 Å². The molecule has 1 aromatic heterocycles. The highest BCUT2D eigenvalue weighted by Gasteiger charge is 2.30. The van der Waals surface area contributed by atoms with Crippen molar-refractivity contribution in [3.05, 3.63) is 83.7 Å². The summed E-state index contributed by atoms with van der Waals surface area (Å²) >= 11 is 0. The number of hydrogen-bond donors (Lipinski definition) is 2. The third kappa shape index (κ3) is 4.61. The van der Waals surface area contributed by atoms with Crippen molar-refractivity contribution in [3.8, 4) is 0 Å². The fraction of sp³-hybridized carbons (Fsp3) is 0.0526. The van der Waals surface area contributed by atoms with Crippen LogP contribution in [-0.2, 0) is 6.18 Å². The molecular weight excluding hydrogens is 381 g/mol. The molecule has 3 rings (SSSR count). The van der Waals surface area contributed by atoms with Gasteiger partial charge in [0, 0.05) is 17.4 Å². The lowest BCUT2D eigenvalue weighted by Gasteiger charge is -2.09. The summed E-state index contributed by atoms with van der Waals surface area (Å²) in [5.41, 5.74) is 0.107. The largest absolute Gasteiger partial charge is 0.416 e. The van der Waals surface area contributed by atoms with Gasteiger partial charge in [-0.2, -0.15) is 13.2 Å². The summed E-state index contributed by atoms with van der Waals surface area (Å²) in [5.74, 6) is -2.59. The van der Waals surface area contributed by atoms with Crippen LogP contribution in [0, 0.1) is 11.6 Å². The number of hydrogen-bond acceptors (Lipinski definition) is 3. The van der Waals surface area contributed by atoms with Crippen LogP contribution in [0.1, 0.15) is 16.1 Å². The zero-order valence-electron chi connectivity index (χ0n) is 14.0. The van der Waals surface area contributed by atoms with E-state index in [1.165, 1.54) is 24.4 Å². The molecule has 0 unspecified atom stereocenters. The summed E-state index contributed by atoms with van der Waals surface area (Å²) in [6.45, 7) is 0. The molecular formula is C19H12F5N3O. The smallest absolute Gasteiger partial charge is 0.354 e. The number of rotatable bonds is 4. The highest BCUT2D eigenvalue weighted by Crippen LogP contribution is 2.29. The number of anilines is 3. The van der Waals surface area contributed by atoms with Gasteiger partial charge in [0.15, 0.2) is 11.6 Å². The summed E-state index contributed by atoms with van der Waals surface area (Å²) in [4.78, 5) is 16.1. The Labute approximate surface area is 156 Å². The Hall–Kier alpha value is -3.49. The van der Waals surface area contributed by atoms with Gasteiger partial charge in [0.2, 0.25) is 0 Å². The van der Waals surface area contributed by atoms with E-state index >= 15 is 0 Å². The molecule has 0 radical (unpaired) electrons. The van der Waals surface area contributed by atoms with Gasteiger partial charge in [0.25, 0.3) is 5.91 Å². The topological polar surface area (TPSA) is 54.0 Å². The molecule has 3 aromatic rings.